The number of carboxylic acid groups (broad SMARTS) is 1. The third-order valence-corrected chi connectivity index (χ3v) is 2.72. The van der Waals surface area contributed by atoms with Crippen LogP contribution in [0.4, 0.5) is 4.79 Å². The molecule has 100 valence electrons. The Balaban J connectivity index is 4.89. The molecule has 1 amide bonds. The summed E-state index contributed by atoms with van der Waals surface area (Å²) >= 11 is 5.68. The number of carboxylic acids is 1. The fourth-order valence-electron chi connectivity index (χ4n) is 1.18. The number of nitrogens with one attached hydrogen (secondary N) is 1. The van der Waals surface area contributed by atoms with Crippen LogP contribution in [0.5, 0.6) is 0 Å². The van der Waals surface area contributed by atoms with E-state index in [-0.39, 0.29) is 11.8 Å². The summed E-state index contributed by atoms with van der Waals surface area (Å²) < 4.78 is 5.02. The molecule has 0 fully saturated rings. The normalized spacial score (nSPS) is 15.2. The number of amides is 1. The molecule has 0 aliphatic rings. The predicted molar refractivity (Wildman–Crippen MR) is 65.3 cm³/mol. The van der Waals surface area contributed by atoms with E-state index in [2.05, 4.69) is 5.32 Å². The summed E-state index contributed by atoms with van der Waals surface area (Å²) in [5.41, 5.74) is -2.19. The lowest BCUT2D eigenvalue weighted by Gasteiger charge is -2.33. The van der Waals surface area contributed by atoms with Crippen LogP contribution < -0.4 is 5.32 Å². The van der Waals surface area contributed by atoms with Crippen LogP contribution in [0.2, 0.25) is 0 Å². The molecule has 0 aromatic heterocycles. The Kier molecular flexibility index (Phi) is 5.26. The average Bonchev–Trinajstić information content (AvgIpc) is 2.09. The fourth-order valence-corrected chi connectivity index (χ4v) is 1.67. The van der Waals surface area contributed by atoms with Gasteiger partial charge >= 0.3 is 12.1 Å². The molecule has 0 aromatic carbocycles. The first-order valence-electron chi connectivity index (χ1n) is 5.35. The first kappa shape index (κ1) is 16.0. The number of hydrogen-bond acceptors (Lipinski definition) is 3. The number of halogens is 1. The lowest BCUT2D eigenvalue weighted by atomic mass is 9.88. The van der Waals surface area contributed by atoms with E-state index in [9.17, 15) is 14.7 Å². The van der Waals surface area contributed by atoms with Gasteiger partial charge in [0.1, 0.15) is 5.60 Å². The zero-order chi connectivity index (χ0) is 13.9. The smallest absolute Gasteiger partial charge is 0.408 e. The Morgan fingerprint density at radius 1 is 1.35 bits per heavy atom. The van der Waals surface area contributed by atoms with Crippen LogP contribution in [0, 0.1) is 5.92 Å². The van der Waals surface area contributed by atoms with Crippen molar-refractivity contribution < 1.29 is 19.4 Å². The molecule has 1 atom stereocenters. The molecule has 0 radical (unpaired) electrons. The van der Waals surface area contributed by atoms with Gasteiger partial charge < -0.3 is 15.2 Å². The van der Waals surface area contributed by atoms with Gasteiger partial charge in [0, 0.05) is 0 Å². The second-order valence-corrected chi connectivity index (χ2v) is 5.46. The minimum atomic E-state index is -1.51. The standard InChI is InChI=1S/C11H20ClNO4/c1-7(2)11(6-12,8(14)15)13-9(16)17-10(3,4)5/h7H,6H2,1-5H3,(H,13,16)(H,14,15)/t11-/m1/s1. The maximum atomic E-state index is 11.6. The Labute approximate surface area is 106 Å². The largest absolute Gasteiger partial charge is 0.479 e. The highest BCUT2D eigenvalue weighted by atomic mass is 35.5. The van der Waals surface area contributed by atoms with Crippen LogP contribution in [-0.2, 0) is 9.53 Å². The molecular weight excluding hydrogens is 246 g/mol. The van der Waals surface area contributed by atoms with E-state index in [1.165, 1.54) is 0 Å². The van der Waals surface area contributed by atoms with Crippen LogP contribution in [0.1, 0.15) is 34.6 Å². The fraction of sp³-hybridized carbons (Fsp3) is 0.818. The van der Waals surface area contributed by atoms with Crippen LogP contribution in [0.25, 0.3) is 0 Å². The van der Waals surface area contributed by atoms with Crippen LogP contribution in [0.3, 0.4) is 0 Å². The van der Waals surface area contributed by atoms with Gasteiger partial charge in [0.2, 0.25) is 0 Å². The highest BCUT2D eigenvalue weighted by Gasteiger charge is 2.43. The first-order valence-corrected chi connectivity index (χ1v) is 5.89. The highest BCUT2D eigenvalue weighted by molar-refractivity contribution is 6.20. The average molecular weight is 266 g/mol. The Bertz CT molecular complexity index is 298. The van der Waals surface area contributed by atoms with Gasteiger partial charge in [-0.1, -0.05) is 13.8 Å². The quantitative estimate of drug-likeness (QED) is 0.765. The molecule has 0 aliphatic heterocycles. The Morgan fingerprint density at radius 2 is 1.82 bits per heavy atom. The summed E-state index contributed by atoms with van der Waals surface area (Å²) in [4.78, 5) is 22.8. The lowest BCUT2D eigenvalue weighted by molar-refractivity contribution is -0.145. The van der Waals surface area contributed by atoms with Gasteiger partial charge in [0.15, 0.2) is 5.54 Å². The number of rotatable bonds is 4. The Morgan fingerprint density at radius 3 is 2.06 bits per heavy atom. The summed E-state index contributed by atoms with van der Waals surface area (Å²) in [5, 5.41) is 11.5. The first-order chi connectivity index (χ1) is 7.55. The van der Waals surface area contributed by atoms with Gasteiger partial charge in [0.25, 0.3) is 0 Å². The molecule has 0 saturated heterocycles. The van der Waals surface area contributed by atoms with E-state index in [4.69, 9.17) is 16.3 Å². The third-order valence-electron chi connectivity index (χ3n) is 2.30. The zero-order valence-electron chi connectivity index (χ0n) is 10.8. The molecule has 17 heavy (non-hydrogen) atoms. The van der Waals surface area contributed by atoms with Crippen LogP contribution in [-0.4, -0.2) is 34.2 Å². The van der Waals surface area contributed by atoms with Gasteiger partial charge in [0.05, 0.1) is 5.88 Å². The molecule has 0 unspecified atom stereocenters. The SMILES string of the molecule is CC(C)[C@@](CCl)(NC(=O)OC(C)(C)C)C(=O)O. The third kappa shape index (κ3) is 4.42. The van der Waals surface area contributed by atoms with Crippen molar-refractivity contribution in [1.82, 2.24) is 5.32 Å². The van der Waals surface area contributed by atoms with Crippen molar-refractivity contribution in [2.75, 3.05) is 5.88 Å². The summed E-state index contributed by atoms with van der Waals surface area (Å²) in [6.45, 7) is 8.45. The van der Waals surface area contributed by atoms with E-state index in [1.54, 1.807) is 34.6 Å². The van der Waals surface area contributed by atoms with Crippen LogP contribution >= 0.6 is 11.6 Å². The number of carbonyl (C=O) groups excluding carboxylic acids is 1. The molecule has 0 bridgehead atoms. The van der Waals surface area contributed by atoms with Gasteiger partial charge in [-0.25, -0.2) is 9.59 Å². The van der Waals surface area contributed by atoms with Gasteiger partial charge in [-0.05, 0) is 26.7 Å². The summed E-state index contributed by atoms with van der Waals surface area (Å²) in [7, 11) is 0. The molecule has 2 N–H and O–H groups in total. The molecule has 0 aromatic rings. The maximum absolute atomic E-state index is 11.6. The molecule has 0 rings (SSSR count). The number of hydrogen-bond donors (Lipinski definition) is 2. The van der Waals surface area contributed by atoms with Crippen molar-refractivity contribution in [3.63, 3.8) is 0 Å². The number of carbonyl (C=O) groups is 2. The molecule has 0 saturated carbocycles. The minimum Gasteiger partial charge on any atom is -0.479 e. The molecule has 0 aliphatic carbocycles. The minimum absolute atomic E-state index is 0.223. The van der Waals surface area contributed by atoms with E-state index in [0.29, 0.717) is 0 Å². The van der Waals surface area contributed by atoms with Crippen LogP contribution in [0.15, 0.2) is 0 Å². The van der Waals surface area contributed by atoms with Crippen molar-refractivity contribution in [3.8, 4) is 0 Å². The lowest BCUT2D eigenvalue weighted by Crippen LogP contribution is -2.60. The van der Waals surface area contributed by atoms with Crippen molar-refractivity contribution >= 4 is 23.7 Å². The highest BCUT2D eigenvalue weighted by Crippen LogP contribution is 2.20. The number of aliphatic carboxylic acids is 1. The molecular formula is C11H20ClNO4. The molecule has 6 heteroatoms. The maximum Gasteiger partial charge on any atom is 0.408 e. The number of alkyl carbamates (subject to hydrolysis) is 1. The van der Waals surface area contributed by atoms with E-state index in [1.807, 2.05) is 0 Å². The summed E-state index contributed by atoms with van der Waals surface area (Å²) in [6, 6.07) is 0. The van der Waals surface area contributed by atoms with E-state index < -0.39 is 23.2 Å². The number of alkyl halides is 1. The van der Waals surface area contributed by atoms with Gasteiger partial charge in [-0.15, -0.1) is 11.6 Å². The number of ether oxygens (including phenoxy) is 1. The van der Waals surface area contributed by atoms with E-state index >= 15 is 0 Å². The second kappa shape index (κ2) is 5.58. The van der Waals surface area contributed by atoms with Gasteiger partial charge in [-0.3, -0.25) is 0 Å². The topological polar surface area (TPSA) is 75.6 Å². The summed E-state index contributed by atoms with van der Waals surface area (Å²) in [6.07, 6.45) is -0.783. The predicted octanol–water partition coefficient (Wildman–Crippen LogP) is 2.23. The molecule has 0 spiro atoms. The van der Waals surface area contributed by atoms with Crippen molar-refractivity contribution in [2.24, 2.45) is 5.92 Å². The van der Waals surface area contributed by atoms with Gasteiger partial charge in [-0.2, -0.15) is 0 Å². The second-order valence-electron chi connectivity index (χ2n) is 5.19. The van der Waals surface area contributed by atoms with Crippen molar-refractivity contribution in [3.05, 3.63) is 0 Å². The van der Waals surface area contributed by atoms with Crippen molar-refractivity contribution in [1.29, 1.82) is 0 Å². The zero-order valence-corrected chi connectivity index (χ0v) is 11.6. The van der Waals surface area contributed by atoms with Crippen molar-refractivity contribution in [2.45, 2.75) is 45.8 Å². The summed E-state index contributed by atoms with van der Waals surface area (Å²) in [5.74, 6) is -1.75. The van der Waals surface area contributed by atoms with E-state index in [0.717, 1.165) is 0 Å². The Hall–Kier alpha value is -0.970. The monoisotopic (exact) mass is 265 g/mol. The molecule has 0 heterocycles. The molecule has 5 nitrogen and oxygen atoms in total.